The molecule has 222 valence electrons. The molecule has 4 aromatic carbocycles. The molecule has 42 heavy (non-hydrogen) atoms. The number of fused-ring (bicyclic) bond motifs is 2. The van der Waals surface area contributed by atoms with Gasteiger partial charge in [-0.2, -0.15) is 0 Å². The summed E-state index contributed by atoms with van der Waals surface area (Å²) >= 11 is 0. The lowest BCUT2D eigenvalue weighted by atomic mass is 9.80. The van der Waals surface area contributed by atoms with Crippen molar-refractivity contribution in [3.05, 3.63) is 82.9 Å². The number of rotatable bonds is 9. The van der Waals surface area contributed by atoms with E-state index in [-0.39, 0.29) is 36.6 Å². The first-order valence-corrected chi connectivity index (χ1v) is 14.9. The molecule has 0 bridgehead atoms. The maximum absolute atomic E-state index is 11.8. The number of hydrogen-bond acceptors (Lipinski definition) is 6. The SMILES string of the molecule is COc1cc(CO)c(-c2c(O)cc(OC(C)C)c3c2C[C@@H](C)N(Cc2ccccc2)[C@@H]3C)c2cccc(OC(C)C)c12. The lowest BCUT2D eigenvalue weighted by Crippen LogP contribution is -2.41. The third kappa shape index (κ3) is 5.53. The van der Waals surface area contributed by atoms with Crippen LogP contribution in [0.4, 0.5) is 0 Å². The minimum atomic E-state index is -0.208. The van der Waals surface area contributed by atoms with E-state index in [4.69, 9.17) is 14.2 Å². The largest absolute Gasteiger partial charge is 0.507 e. The van der Waals surface area contributed by atoms with Crippen LogP contribution in [0.1, 0.15) is 69.8 Å². The zero-order chi connectivity index (χ0) is 30.1. The van der Waals surface area contributed by atoms with E-state index in [1.54, 1.807) is 13.2 Å². The molecule has 0 spiro atoms. The van der Waals surface area contributed by atoms with Crippen LogP contribution < -0.4 is 14.2 Å². The summed E-state index contributed by atoms with van der Waals surface area (Å²) in [5.41, 5.74) is 5.59. The van der Waals surface area contributed by atoms with E-state index in [9.17, 15) is 10.2 Å². The highest BCUT2D eigenvalue weighted by molar-refractivity contribution is 6.06. The van der Waals surface area contributed by atoms with E-state index >= 15 is 0 Å². The maximum Gasteiger partial charge on any atom is 0.131 e. The molecule has 0 amide bonds. The molecule has 2 N–H and O–H groups in total. The topological polar surface area (TPSA) is 71.4 Å². The lowest BCUT2D eigenvalue weighted by molar-refractivity contribution is 0.123. The van der Waals surface area contributed by atoms with Gasteiger partial charge in [0.2, 0.25) is 0 Å². The molecule has 0 aliphatic carbocycles. The van der Waals surface area contributed by atoms with Crippen molar-refractivity contribution in [3.8, 4) is 34.1 Å². The number of benzene rings is 4. The van der Waals surface area contributed by atoms with Gasteiger partial charge in [-0.3, -0.25) is 4.90 Å². The lowest BCUT2D eigenvalue weighted by Gasteiger charge is -2.42. The predicted octanol–water partition coefficient (Wildman–Crippen LogP) is 7.80. The average Bonchev–Trinajstić information content (AvgIpc) is 2.94. The Kier molecular flexibility index (Phi) is 8.67. The second kappa shape index (κ2) is 12.2. The maximum atomic E-state index is 11.8. The van der Waals surface area contributed by atoms with Gasteiger partial charge in [-0.1, -0.05) is 42.5 Å². The molecule has 0 saturated heterocycles. The van der Waals surface area contributed by atoms with Crippen LogP contribution in [0.25, 0.3) is 21.9 Å². The molecule has 6 heteroatoms. The number of phenols is 1. The Bertz CT molecular complexity index is 1560. The second-order valence-electron chi connectivity index (χ2n) is 11.8. The van der Waals surface area contributed by atoms with E-state index in [0.29, 0.717) is 29.2 Å². The van der Waals surface area contributed by atoms with Gasteiger partial charge in [0, 0.05) is 35.8 Å². The van der Waals surface area contributed by atoms with Gasteiger partial charge >= 0.3 is 0 Å². The van der Waals surface area contributed by atoms with Gasteiger partial charge in [0.15, 0.2) is 0 Å². The van der Waals surface area contributed by atoms with Gasteiger partial charge in [-0.25, -0.2) is 0 Å². The van der Waals surface area contributed by atoms with Gasteiger partial charge in [0.1, 0.15) is 23.0 Å². The number of aliphatic hydroxyl groups is 1. The molecule has 0 unspecified atom stereocenters. The highest BCUT2D eigenvalue weighted by Crippen LogP contribution is 2.52. The summed E-state index contributed by atoms with van der Waals surface area (Å²) in [6, 6.07) is 20.3. The van der Waals surface area contributed by atoms with E-state index in [0.717, 1.165) is 39.6 Å². The van der Waals surface area contributed by atoms with E-state index in [2.05, 4.69) is 43.0 Å². The Morgan fingerprint density at radius 2 is 1.55 bits per heavy atom. The van der Waals surface area contributed by atoms with Gasteiger partial charge in [-0.05, 0) is 87.7 Å². The first-order valence-electron chi connectivity index (χ1n) is 14.9. The first kappa shape index (κ1) is 29.7. The number of phenolic OH excluding ortho intramolecular Hbond substituents is 1. The molecule has 1 aliphatic heterocycles. The normalized spacial score (nSPS) is 17.1. The van der Waals surface area contributed by atoms with Crippen molar-refractivity contribution in [1.29, 1.82) is 0 Å². The molecule has 0 saturated carbocycles. The van der Waals surface area contributed by atoms with Crippen molar-refractivity contribution < 1.29 is 24.4 Å². The smallest absolute Gasteiger partial charge is 0.131 e. The molecule has 4 aromatic rings. The summed E-state index contributed by atoms with van der Waals surface area (Å²) < 4.78 is 18.4. The summed E-state index contributed by atoms with van der Waals surface area (Å²) in [6.07, 6.45) is 0.622. The minimum Gasteiger partial charge on any atom is -0.507 e. The molecule has 2 atom stereocenters. The third-order valence-electron chi connectivity index (χ3n) is 8.14. The van der Waals surface area contributed by atoms with Crippen molar-refractivity contribution in [2.24, 2.45) is 0 Å². The Morgan fingerprint density at radius 1 is 0.857 bits per heavy atom. The summed E-state index contributed by atoms with van der Waals surface area (Å²) in [5.74, 6) is 2.16. The van der Waals surface area contributed by atoms with Crippen molar-refractivity contribution in [2.75, 3.05) is 7.11 Å². The molecular weight excluding hydrogens is 526 g/mol. The molecule has 0 fully saturated rings. The highest BCUT2D eigenvalue weighted by atomic mass is 16.5. The minimum absolute atomic E-state index is 0.0268. The number of aliphatic hydroxyl groups excluding tert-OH is 1. The number of ether oxygens (including phenoxy) is 3. The number of hydrogen-bond donors (Lipinski definition) is 2. The quantitative estimate of drug-likeness (QED) is 0.214. The summed E-state index contributed by atoms with van der Waals surface area (Å²) in [7, 11) is 1.63. The van der Waals surface area contributed by atoms with Crippen LogP contribution in [0.5, 0.6) is 23.0 Å². The van der Waals surface area contributed by atoms with Crippen molar-refractivity contribution >= 4 is 10.8 Å². The zero-order valence-electron chi connectivity index (χ0n) is 25.8. The van der Waals surface area contributed by atoms with E-state index in [1.807, 2.05) is 58.0 Å². The highest BCUT2D eigenvalue weighted by Gasteiger charge is 2.36. The van der Waals surface area contributed by atoms with Crippen LogP contribution in [0, 0.1) is 0 Å². The number of aromatic hydroxyl groups is 1. The Balaban J connectivity index is 1.79. The zero-order valence-corrected chi connectivity index (χ0v) is 25.8. The molecule has 6 nitrogen and oxygen atoms in total. The molecule has 1 heterocycles. The Morgan fingerprint density at radius 3 is 2.19 bits per heavy atom. The molecule has 0 radical (unpaired) electrons. The number of nitrogens with zero attached hydrogens (tertiary/aromatic N) is 1. The van der Waals surface area contributed by atoms with Crippen LogP contribution in [0.3, 0.4) is 0 Å². The van der Waals surface area contributed by atoms with Crippen molar-refractivity contribution in [1.82, 2.24) is 4.90 Å². The summed E-state index contributed by atoms with van der Waals surface area (Å²) in [6.45, 7) is 13.1. The van der Waals surface area contributed by atoms with E-state index < -0.39 is 0 Å². The predicted molar refractivity (Wildman–Crippen MR) is 169 cm³/mol. The Labute approximate surface area is 249 Å². The van der Waals surface area contributed by atoms with Crippen molar-refractivity contribution in [2.45, 2.75) is 85.4 Å². The van der Waals surface area contributed by atoms with Crippen LogP contribution in [-0.4, -0.2) is 40.5 Å². The fourth-order valence-corrected chi connectivity index (χ4v) is 6.46. The van der Waals surface area contributed by atoms with Gasteiger partial charge < -0.3 is 24.4 Å². The van der Waals surface area contributed by atoms with Crippen LogP contribution >= 0.6 is 0 Å². The third-order valence-corrected chi connectivity index (χ3v) is 8.14. The summed E-state index contributed by atoms with van der Waals surface area (Å²) in [5, 5.41) is 24.1. The van der Waals surface area contributed by atoms with Crippen molar-refractivity contribution in [3.63, 3.8) is 0 Å². The van der Waals surface area contributed by atoms with E-state index in [1.165, 1.54) is 5.56 Å². The average molecular weight is 570 g/mol. The van der Waals surface area contributed by atoms with Gasteiger partial charge in [-0.15, -0.1) is 0 Å². The number of methoxy groups -OCH3 is 1. The molecule has 0 aromatic heterocycles. The molecular formula is C36H43NO5. The van der Waals surface area contributed by atoms with Crippen LogP contribution in [0.15, 0.2) is 60.7 Å². The van der Waals surface area contributed by atoms with Crippen LogP contribution in [-0.2, 0) is 19.6 Å². The Hall–Kier alpha value is -3.74. The molecule has 1 aliphatic rings. The van der Waals surface area contributed by atoms with Gasteiger partial charge in [0.05, 0.1) is 31.3 Å². The van der Waals surface area contributed by atoms with Crippen LogP contribution in [0.2, 0.25) is 0 Å². The first-order chi connectivity index (χ1) is 20.1. The summed E-state index contributed by atoms with van der Waals surface area (Å²) in [4.78, 5) is 2.50. The van der Waals surface area contributed by atoms with Gasteiger partial charge in [0.25, 0.3) is 0 Å². The fraction of sp³-hybridized carbons (Fsp3) is 0.389. The fourth-order valence-electron chi connectivity index (χ4n) is 6.46. The standard InChI is InChI=1S/C36H43NO5/c1-21(2)41-30-15-11-14-27-34(26(20-38)17-31(40-7)36(27)30)35-28-16-23(5)37(19-25-12-9-8-10-13-25)24(6)33(28)32(18-29(35)39)42-22(3)4/h8-15,17-18,21-24,38-39H,16,19-20H2,1-7H3/t23-,24-/m1/s1. The second-order valence-corrected chi connectivity index (χ2v) is 11.8. The molecule has 5 rings (SSSR count). The monoisotopic (exact) mass is 569 g/mol.